The van der Waals surface area contributed by atoms with E-state index < -0.39 is 4.92 Å². The van der Waals surface area contributed by atoms with Crippen LogP contribution in [0.3, 0.4) is 0 Å². The van der Waals surface area contributed by atoms with Gasteiger partial charge in [0, 0.05) is 25.2 Å². The van der Waals surface area contributed by atoms with Gasteiger partial charge in [-0.3, -0.25) is 19.8 Å². The van der Waals surface area contributed by atoms with E-state index in [1.54, 1.807) is 24.3 Å². The molecule has 8 heteroatoms. The van der Waals surface area contributed by atoms with Gasteiger partial charge in [-0.2, -0.15) is 0 Å². The van der Waals surface area contributed by atoms with Gasteiger partial charge in [-0.1, -0.05) is 24.3 Å². The minimum absolute atomic E-state index is 0.0592. The number of aryl methyl sites for hydroxylation is 1. The van der Waals surface area contributed by atoms with Crippen LogP contribution in [0.4, 0.5) is 10.1 Å². The van der Waals surface area contributed by atoms with Crippen molar-refractivity contribution < 1.29 is 23.6 Å². The highest BCUT2D eigenvalue weighted by Crippen LogP contribution is 2.44. The highest BCUT2D eigenvalue weighted by molar-refractivity contribution is 6.15. The summed E-state index contributed by atoms with van der Waals surface area (Å²) >= 11 is 0. The first kappa shape index (κ1) is 21.8. The minimum Gasteiger partial charge on any atom is -0.478 e. The molecule has 0 unspecified atom stereocenters. The average Bonchev–Trinajstić information content (AvgIpc) is 3.16. The van der Waals surface area contributed by atoms with Crippen LogP contribution in [0.15, 0.2) is 60.4 Å². The molecule has 0 aliphatic carbocycles. The van der Waals surface area contributed by atoms with Crippen molar-refractivity contribution in [3.63, 3.8) is 0 Å². The molecule has 34 heavy (non-hydrogen) atoms. The number of carbonyl (C=O) groups is 1. The maximum Gasteiger partial charge on any atom is 0.270 e. The zero-order valence-electron chi connectivity index (χ0n) is 18.4. The summed E-state index contributed by atoms with van der Waals surface area (Å²) in [6.45, 7) is 3.46. The average molecular weight is 460 g/mol. The molecule has 0 amide bonds. The molecule has 0 bridgehead atoms. The van der Waals surface area contributed by atoms with Crippen LogP contribution in [0, 0.1) is 22.9 Å². The third-order valence-electron chi connectivity index (χ3n) is 6.00. The number of ketones is 1. The molecule has 2 aliphatic heterocycles. The monoisotopic (exact) mass is 460 g/mol. The lowest BCUT2D eigenvalue weighted by Crippen LogP contribution is -2.33. The molecule has 0 N–H and O–H groups in total. The lowest BCUT2D eigenvalue weighted by molar-refractivity contribution is -0.384. The third-order valence-corrected chi connectivity index (χ3v) is 6.00. The van der Waals surface area contributed by atoms with Gasteiger partial charge in [0.15, 0.2) is 5.76 Å². The maximum absolute atomic E-state index is 13.2. The van der Waals surface area contributed by atoms with Crippen LogP contribution in [0.1, 0.15) is 32.6 Å². The van der Waals surface area contributed by atoms with Gasteiger partial charge in [0.1, 0.15) is 24.0 Å². The van der Waals surface area contributed by atoms with Crippen molar-refractivity contribution in [3.8, 4) is 11.5 Å². The number of fused-ring (bicyclic) bond motifs is 3. The zero-order chi connectivity index (χ0) is 23.8. The molecular formula is C26H21FN2O5. The number of halogens is 1. The van der Waals surface area contributed by atoms with E-state index in [-0.39, 0.29) is 23.0 Å². The molecular weight excluding hydrogens is 439 g/mol. The Balaban J connectivity index is 1.40. The fraction of sp³-hybridized carbons (Fsp3) is 0.192. The van der Waals surface area contributed by atoms with Crippen LogP contribution < -0.4 is 9.47 Å². The van der Waals surface area contributed by atoms with Gasteiger partial charge in [0.05, 0.1) is 16.1 Å². The fourth-order valence-corrected chi connectivity index (χ4v) is 4.24. The SMILES string of the molecule is Cc1cc2c(c3c1C(=O)/C(=C\c1cccc([N+](=O)[O-])c1)O3)CN(CCc1ccc(F)cc1)CO2. The summed E-state index contributed by atoms with van der Waals surface area (Å²) in [4.78, 5) is 25.8. The summed E-state index contributed by atoms with van der Waals surface area (Å²) in [5, 5.41) is 11.1. The number of non-ortho nitro benzene ring substituents is 1. The Morgan fingerprint density at radius 2 is 1.97 bits per heavy atom. The van der Waals surface area contributed by atoms with E-state index in [1.165, 1.54) is 30.3 Å². The maximum atomic E-state index is 13.2. The molecule has 0 fully saturated rings. The predicted molar refractivity (Wildman–Crippen MR) is 123 cm³/mol. The highest BCUT2D eigenvalue weighted by Gasteiger charge is 2.35. The predicted octanol–water partition coefficient (Wildman–Crippen LogP) is 5.05. The van der Waals surface area contributed by atoms with E-state index in [0.29, 0.717) is 42.4 Å². The summed E-state index contributed by atoms with van der Waals surface area (Å²) in [7, 11) is 0. The molecule has 0 saturated heterocycles. The second-order valence-corrected chi connectivity index (χ2v) is 8.37. The number of hydrogen-bond donors (Lipinski definition) is 0. The first-order valence-electron chi connectivity index (χ1n) is 10.8. The van der Waals surface area contributed by atoms with Crippen molar-refractivity contribution in [2.45, 2.75) is 19.9 Å². The fourth-order valence-electron chi connectivity index (χ4n) is 4.24. The van der Waals surface area contributed by atoms with Crippen LogP contribution in [0.5, 0.6) is 11.5 Å². The summed E-state index contributed by atoms with van der Waals surface area (Å²) < 4.78 is 25.1. The Morgan fingerprint density at radius 1 is 1.18 bits per heavy atom. The van der Waals surface area contributed by atoms with Gasteiger partial charge in [-0.05, 0) is 54.3 Å². The summed E-state index contributed by atoms with van der Waals surface area (Å²) in [5.41, 5.74) is 3.50. The first-order chi connectivity index (χ1) is 16.4. The third kappa shape index (κ3) is 4.15. The second-order valence-electron chi connectivity index (χ2n) is 8.37. The number of hydrogen-bond acceptors (Lipinski definition) is 6. The molecule has 2 heterocycles. The molecule has 172 valence electrons. The topological polar surface area (TPSA) is 81.9 Å². The van der Waals surface area contributed by atoms with Crippen LogP contribution in [-0.2, 0) is 13.0 Å². The smallest absolute Gasteiger partial charge is 0.270 e. The summed E-state index contributed by atoms with van der Waals surface area (Å²) in [6, 6.07) is 14.3. The number of nitro groups is 1. The van der Waals surface area contributed by atoms with Crippen LogP contribution in [0.25, 0.3) is 6.08 Å². The molecule has 3 aromatic carbocycles. The number of carbonyl (C=O) groups excluding carboxylic acids is 1. The standard InChI is InChI=1S/C26H21FN2O5/c1-16-11-22-21(14-28(15-33-22)10-9-17-5-7-19(27)8-6-17)26-24(16)25(30)23(34-26)13-18-3-2-4-20(12-18)29(31)32/h2-8,11-13H,9-10,14-15H2,1H3/b23-13+. The van der Waals surface area contributed by atoms with Gasteiger partial charge in [-0.25, -0.2) is 4.39 Å². The number of ether oxygens (including phenoxy) is 2. The van der Waals surface area contributed by atoms with E-state index in [2.05, 4.69) is 4.90 Å². The van der Waals surface area contributed by atoms with Crippen molar-refractivity contribution in [2.24, 2.45) is 0 Å². The number of rotatable bonds is 5. The Kier molecular flexibility index (Phi) is 5.59. The molecule has 0 radical (unpaired) electrons. The normalized spacial score (nSPS) is 16.1. The van der Waals surface area contributed by atoms with E-state index in [1.807, 2.05) is 13.0 Å². The Hall–Kier alpha value is -4.04. The van der Waals surface area contributed by atoms with Crippen molar-refractivity contribution >= 4 is 17.5 Å². The van der Waals surface area contributed by atoms with Crippen molar-refractivity contribution in [3.05, 3.63) is 104 Å². The Bertz CT molecular complexity index is 1330. The van der Waals surface area contributed by atoms with E-state index in [9.17, 15) is 19.3 Å². The lowest BCUT2D eigenvalue weighted by atomic mass is 9.98. The molecule has 0 atom stereocenters. The number of nitro benzene ring substituents is 1. The van der Waals surface area contributed by atoms with Crippen molar-refractivity contribution in [1.82, 2.24) is 4.90 Å². The zero-order valence-corrected chi connectivity index (χ0v) is 18.4. The quantitative estimate of drug-likeness (QED) is 0.301. The second kappa shape index (κ2) is 8.72. The molecule has 3 aromatic rings. The van der Waals surface area contributed by atoms with Crippen LogP contribution in [0.2, 0.25) is 0 Å². The number of Topliss-reactive ketones (excluding diaryl/α,β-unsaturated/α-hetero) is 1. The molecule has 0 spiro atoms. The van der Waals surface area contributed by atoms with E-state index >= 15 is 0 Å². The van der Waals surface area contributed by atoms with Crippen LogP contribution >= 0.6 is 0 Å². The highest BCUT2D eigenvalue weighted by atomic mass is 19.1. The van der Waals surface area contributed by atoms with E-state index in [4.69, 9.17) is 9.47 Å². The van der Waals surface area contributed by atoms with Crippen molar-refractivity contribution in [1.29, 1.82) is 0 Å². The van der Waals surface area contributed by atoms with Gasteiger partial charge >= 0.3 is 0 Å². The van der Waals surface area contributed by atoms with E-state index in [0.717, 1.165) is 23.1 Å². The lowest BCUT2D eigenvalue weighted by Gasteiger charge is -2.30. The molecule has 5 rings (SSSR count). The largest absolute Gasteiger partial charge is 0.478 e. The Morgan fingerprint density at radius 3 is 2.74 bits per heavy atom. The number of allylic oxidation sites excluding steroid dienone is 1. The van der Waals surface area contributed by atoms with Crippen LogP contribution in [-0.4, -0.2) is 28.9 Å². The van der Waals surface area contributed by atoms with Gasteiger partial charge in [-0.15, -0.1) is 0 Å². The summed E-state index contributed by atoms with van der Waals surface area (Å²) in [6.07, 6.45) is 2.25. The number of nitrogens with zero attached hydrogens (tertiary/aromatic N) is 2. The first-order valence-corrected chi connectivity index (χ1v) is 10.8. The summed E-state index contributed by atoms with van der Waals surface area (Å²) in [5.74, 6) is 0.753. The van der Waals surface area contributed by atoms with Gasteiger partial charge < -0.3 is 9.47 Å². The van der Waals surface area contributed by atoms with Gasteiger partial charge in [0.25, 0.3) is 5.69 Å². The number of benzene rings is 3. The molecule has 2 aliphatic rings. The molecule has 0 saturated carbocycles. The molecule has 0 aromatic heterocycles. The Labute approximate surface area is 195 Å². The molecule has 7 nitrogen and oxygen atoms in total. The van der Waals surface area contributed by atoms with Crippen molar-refractivity contribution in [2.75, 3.05) is 13.3 Å². The minimum atomic E-state index is -0.480. The van der Waals surface area contributed by atoms with Gasteiger partial charge in [0.2, 0.25) is 5.78 Å².